The van der Waals surface area contributed by atoms with E-state index in [-0.39, 0.29) is 18.2 Å². The minimum absolute atomic E-state index is 0.196. The number of piperidine rings is 1. The van der Waals surface area contributed by atoms with E-state index in [1.807, 2.05) is 12.5 Å². The Bertz CT molecular complexity index is 666. The first-order chi connectivity index (χ1) is 10.7. The summed E-state index contributed by atoms with van der Waals surface area (Å²) in [5, 5.41) is 14.1. The van der Waals surface area contributed by atoms with Crippen LogP contribution in [-0.4, -0.2) is 33.3 Å². The molecule has 4 heteroatoms. The Morgan fingerprint density at radius 3 is 3.14 bits per heavy atom. The molecule has 2 aliphatic rings. The van der Waals surface area contributed by atoms with Crippen molar-refractivity contribution in [2.24, 2.45) is 5.92 Å². The molecule has 1 aromatic heterocycles. The van der Waals surface area contributed by atoms with Crippen LogP contribution in [0.5, 0.6) is 0 Å². The van der Waals surface area contributed by atoms with Gasteiger partial charge in [0.2, 0.25) is 0 Å². The highest BCUT2D eigenvalue weighted by Gasteiger charge is 2.33. The molecule has 115 valence electrons. The molecule has 0 spiro atoms. The first-order valence-electron chi connectivity index (χ1n) is 8.09. The number of benzene rings is 1. The van der Waals surface area contributed by atoms with Gasteiger partial charge in [-0.2, -0.15) is 0 Å². The summed E-state index contributed by atoms with van der Waals surface area (Å²) in [5.74, 6) is 0.337. The van der Waals surface area contributed by atoms with E-state index < -0.39 is 0 Å². The van der Waals surface area contributed by atoms with E-state index in [1.54, 1.807) is 0 Å². The second kappa shape index (κ2) is 5.52. The summed E-state index contributed by atoms with van der Waals surface area (Å²) in [6, 6.07) is 8.91. The maximum atomic E-state index is 10.8. The van der Waals surface area contributed by atoms with E-state index >= 15 is 0 Å². The van der Waals surface area contributed by atoms with Crippen LogP contribution < -0.4 is 5.32 Å². The molecule has 2 aliphatic heterocycles. The van der Waals surface area contributed by atoms with E-state index in [4.69, 9.17) is 0 Å². The highest BCUT2D eigenvalue weighted by molar-refractivity contribution is 5.68. The number of rotatable bonds is 3. The highest BCUT2D eigenvalue weighted by Crippen LogP contribution is 2.42. The first-order valence-corrected chi connectivity index (χ1v) is 8.09. The molecule has 0 aliphatic carbocycles. The van der Waals surface area contributed by atoms with Crippen LogP contribution in [0, 0.1) is 12.8 Å². The molecule has 2 N–H and O–H groups in total. The molecule has 1 saturated heterocycles. The largest absolute Gasteiger partial charge is 0.393 e. The summed E-state index contributed by atoms with van der Waals surface area (Å²) in [5.41, 5.74) is 3.71. The maximum absolute atomic E-state index is 10.8. The lowest BCUT2D eigenvalue weighted by Crippen LogP contribution is -2.40. The Balaban J connectivity index is 1.58. The third-order valence-corrected chi connectivity index (χ3v) is 5.14. The van der Waals surface area contributed by atoms with E-state index in [1.165, 1.54) is 11.1 Å². The van der Waals surface area contributed by atoms with Crippen LogP contribution in [0.15, 0.2) is 36.8 Å². The predicted octanol–water partition coefficient (Wildman–Crippen LogP) is 2.41. The highest BCUT2D eigenvalue weighted by atomic mass is 16.3. The number of imidazole rings is 1. The molecule has 2 aromatic rings. The van der Waals surface area contributed by atoms with Gasteiger partial charge in [0.25, 0.3) is 0 Å². The fourth-order valence-electron chi connectivity index (χ4n) is 3.98. The molecule has 4 nitrogen and oxygen atoms in total. The third-order valence-electron chi connectivity index (χ3n) is 5.14. The average molecular weight is 296 g/mol. The Labute approximate surface area is 131 Å². The van der Waals surface area contributed by atoms with Gasteiger partial charge in [-0.3, -0.25) is 0 Å². The molecule has 0 saturated carbocycles. The molecule has 0 bridgehead atoms. The number of aromatic nitrogens is 2. The van der Waals surface area contributed by atoms with Crippen LogP contribution in [0.2, 0.25) is 0 Å². The van der Waals surface area contributed by atoms with E-state index in [0.29, 0.717) is 5.92 Å². The maximum Gasteiger partial charge on any atom is 0.0956 e. The molecule has 4 unspecified atom stereocenters. The van der Waals surface area contributed by atoms with Crippen LogP contribution in [-0.2, 0) is 0 Å². The zero-order chi connectivity index (χ0) is 15.1. The number of nitrogens with one attached hydrogen (secondary N) is 1. The molecule has 4 rings (SSSR count). The monoisotopic (exact) mass is 296 g/mol. The summed E-state index contributed by atoms with van der Waals surface area (Å²) in [6.07, 6.45) is 6.24. The summed E-state index contributed by atoms with van der Waals surface area (Å²) in [7, 11) is 0. The van der Waals surface area contributed by atoms with Crippen LogP contribution >= 0.6 is 0 Å². The zero-order valence-electron chi connectivity index (χ0n) is 12.7. The predicted molar refractivity (Wildman–Crippen MR) is 86.3 cm³/mol. The molecule has 22 heavy (non-hydrogen) atoms. The van der Waals surface area contributed by atoms with Crippen molar-refractivity contribution in [2.75, 3.05) is 6.54 Å². The standard InChI is InChI=1S/C18H22N3O/c1-12-8-13(6-7-20-12)18(22)9-16-14-4-2-3-5-15(14)17-10-19-11-21(16)17/h2-5,10-13,16,18,20,22H,1,6-9H2. The fraction of sp³-hybridized carbons (Fsp3) is 0.444. The summed E-state index contributed by atoms with van der Waals surface area (Å²) >= 11 is 0. The summed E-state index contributed by atoms with van der Waals surface area (Å²) in [4.78, 5) is 4.29. The van der Waals surface area contributed by atoms with Gasteiger partial charge in [0.1, 0.15) is 0 Å². The molecule has 4 atom stereocenters. The van der Waals surface area contributed by atoms with Gasteiger partial charge in [-0.05, 0) is 44.2 Å². The van der Waals surface area contributed by atoms with Crippen molar-refractivity contribution in [1.29, 1.82) is 0 Å². The smallest absolute Gasteiger partial charge is 0.0956 e. The Morgan fingerprint density at radius 2 is 2.27 bits per heavy atom. The number of hydrogen-bond donors (Lipinski definition) is 2. The number of aliphatic hydroxyl groups is 1. The second-order valence-corrected chi connectivity index (χ2v) is 6.53. The van der Waals surface area contributed by atoms with Gasteiger partial charge in [-0.15, -0.1) is 0 Å². The molecule has 1 radical (unpaired) electrons. The van der Waals surface area contributed by atoms with Crippen LogP contribution in [0.1, 0.15) is 30.9 Å². The van der Waals surface area contributed by atoms with Crippen molar-refractivity contribution in [3.8, 4) is 11.3 Å². The molecule has 0 amide bonds. The lowest BCUT2D eigenvalue weighted by molar-refractivity contribution is 0.0665. The quantitative estimate of drug-likeness (QED) is 0.914. The summed E-state index contributed by atoms with van der Waals surface area (Å²) in [6.45, 7) is 5.04. The van der Waals surface area contributed by atoms with Crippen LogP contribution in [0.25, 0.3) is 11.3 Å². The van der Waals surface area contributed by atoms with Crippen molar-refractivity contribution in [3.63, 3.8) is 0 Å². The summed E-state index contributed by atoms with van der Waals surface area (Å²) < 4.78 is 2.21. The zero-order valence-corrected chi connectivity index (χ0v) is 12.7. The molecule has 1 aromatic carbocycles. The van der Waals surface area contributed by atoms with Gasteiger partial charge in [0.15, 0.2) is 0 Å². The van der Waals surface area contributed by atoms with Crippen LogP contribution in [0.3, 0.4) is 0 Å². The third kappa shape index (κ3) is 2.27. The normalized spacial score (nSPS) is 28.2. The Kier molecular flexibility index (Phi) is 3.51. The van der Waals surface area contributed by atoms with Crippen molar-refractivity contribution in [3.05, 3.63) is 49.3 Å². The lowest BCUT2D eigenvalue weighted by Gasteiger charge is -2.32. The number of nitrogens with zero attached hydrogens (tertiary/aromatic N) is 2. The minimum Gasteiger partial charge on any atom is -0.393 e. The number of hydrogen-bond acceptors (Lipinski definition) is 3. The van der Waals surface area contributed by atoms with Gasteiger partial charge in [-0.25, -0.2) is 4.98 Å². The average Bonchev–Trinajstić information content (AvgIpc) is 3.10. The van der Waals surface area contributed by atoms with Gasteiger partial charge < -0.3 is 15.0 Å². The van der Waals surface area contributed by atoms with Crippen molar-refractivity contribution >= 4 is 0 Å². The SMILES string of the molecule is [CH2]C1CC(C(O)CC2c3ccccc3-c3cncn32)CCN1. The van der Waals surface area contributed by atoms with E-state index in [2.05, 4.69) is 46.1 Å². The minimum atomic E-state index is -0.294. The molecular weight excluding hydrogens is 274 g/mol. The fourth-order valence-corrected chi connectivity index (χ4v) is 3.98. The Morgan fingerprint density at radius 1 is 1.41 bits per heavy atom. The molecule has 3 heterocycles. The topological polar surface area (TPSA) is 50.1 Å². The van der Waals surface area contributed by atoms with Crippen molar-refractivity contribution in [2.45, 2.75) is 37.5 Å². The molecular formula is C18H22N3O. The van der Waals surface area contributed by atoms with Gasteiger partial charge >= 0.3 is 0 Å². The van der Waals surface area contributed by atoms with Crippen LogP contribution in [0.4, 0.5) is 0 Å². The van der Waals surface area contributed by atoms with Gasteiger partial charge in [0, 0.05) is 11.6 Å². The van der Waals surface area contributed by atoms with Gasteiger partial charge in [-0.1, -0.05) is 24.3 Å². The second-order valence-electron chi connectivity index (χ2n) is 6.53. The Hall–Kier alpha value is -1.65. The number of aliphatic hydroxyl groups excluding tert-OH is 1. The number of fused-ring (bicyclic) bond motifs is 3. The van der Waals surface area contributed by atoms with Crippen molar-refractivity contribution in [1.82, 2.24) is 14.9 Å². The van der Waals surface area contributed by atoms with E-state index in [9.17, 15) is 5.11 Å². The molecule has 1 fully saturated rings. The first kappa shape index (κ1) is 14.0. The van der Waals surface area contributed by atoms with E-state index in [0.717, 1.165) is 31.5 Å². The van der Waals surface area contributed by atoms with Crippen molar-refractivity contribution < 1.29 is 5.11 Å². The lowest BCUT2D eigenvalue weighted by atomic mass is 9.84. The van der Waals surface area contributed by atoms with Gasteiger partial charge in [0.05, 0.1) is 30.4 Å².